The third kappa shape index (κ3) is 29.1. The minimum atomic E-state index is -1.55. The number of unbranched alkanes of at least 4 members (excludes halogenated alkanes) is 2. The van der Waals surface area contributed by atoms with E-state index in [2.05, 4.69) is 41.5 Å². The summed E-state index contributed by atoms with van der Waals surface area (Å²) in [4.78, 5) is 18.8. The molecule has 152 valence electrons. The molecule has 26 heavy (non-hydrogen) atoms. The maximum Gasteiger partial charge on any atom is 0.0643 e. The van der Waals surface area contributed by atoms with Crippen molar-refractivity contribution in [3.63, 3.8) is 0 Å². The van der Waals surface area contributed by atoms with Crippen molar-refractivity contribution >= 4 is 51.5 Å². The standard InChI is InChI=1S/C4H4O4.2C4H9.4C2H5.2Sn/c5-3(6)1-2-4(7)8;2*1-3-4-2;4*1-2;;/h1-2H,(H,5,6)(H,7,8);2*1,3-4H2,2H3;4*1H2,2H3;;/q;;;;;;;2*+1/p-2/b2-1-;;;;;;;;. The molecule has 0 bridgehead atoms. The molecular formula is C20H40O4Sn2. The maximum atomic E-state index is 9.41. The van der Waals surface area contributed by atoms with Crippen LogP contribution in [0, 0.1) is 0 Å². The number of carbonyl (C=O) groups is 2. The van der Waals surface area contributed by atoms with E-state index in [1.165, 1.54) is 25.7 Å². The summed E-state index contributed by atoms with van der Waals surface area (Å²) in [7, 11) is 0. The van der Waals surface area contributed by atoms with Crippen LogP contribution in [0.15, 0.2) is 12.2 Å². The largest absolute Gasteiger partial charge is 0.545 e. The summed E-state index contributed by atoms with van der Waals surface area (Å²) in [5, 5.41) is 18.8. The average Bonchev–Trinajstić information content (AvgIpc) is 2.63. The predicted molar refractivity (Wildman–Crippen MR) is 112 cm³/mol. The van der Waals surface area contributed by atoms with E-state index in [4.69, 9.17) is 0 Å². The first-order valence-corrected chi connectivity index (χ1v) is 22.2. The summed E-state index contributed by atoms with van der Waals surface area (Å²) in [6.45, 7) is 14.1. The van der Waals surface area contributed by atoms with Crippen molar-refractivity contribution < 1.29 is 19.8 Å². The van der Waals surface area contributed by atoms with Crippen LogP contribution in [0.1, 0.15) is 67.2 Å². The monoisotopic (exact) mass is 584 g/mol. The van der Waals surface area contributed by atoms with E-state index < -0.39 is 51.5 Å². The molecule has 4 nitrogen and oxygen atoms in total. The smallest absolute Gasteiger partial charge is 0.0643 e. The first kappa shape index (κ1) is 31.0. The number of carboxylic acid groups (broad SMARTS) is 2. The first-order valence-electron chi connectivity index (χ1n) is 10.1. The van der Waals surface area contributed by atoms with Crippen LogP contribution in [0.4, 0.5) is 0 Å². The van der Waals surface area contributed by atoms with Crippen LogP contribution in [0.25, 0.3) is 0 Å². The molecule has 0 atom stereocenters. The number of rotatable bonds is 12. The van der Waals surface area contributed by atoms with Gasteiger partial charge in [0.25, 0.3) is 0 Å². The van der Waals surface area contributed by atoms with Gasteiger partial charge in [-0.05, 0) is 12.2 Å². The molecule has 0 radical (unpaired) electrons. The third-order valence-electron chi connectivity index (χ3n) is 4.12. The molecule has 0 aromatic heterocycles. The number of aliphatic carboxylic acids is 2. The summed E-state index contributed by atoms with van der Waals surface area (Å²) in [6, 6.07) is 0. The third-order valence-corrected chi connectivity index (χ3v) is 21.6. The Kier molecular flexibility index (Phi) is 30.1. The molecule has 0 saturated carbocycles. The van der Waals surface area contributed by atoms with Gasteiger partial charge in [0.2, 0.25) is 0 Å². The molecule has 0 aliphatic rings. The second-order valence-electron chi connectivity index (χ2n) is 6.09. The molecule has 0 aliphatic carbocycles. The first-order chi connectivity index (χ1) is 12.3. The molecule has 0 aromatic carbocycles. The minimum absolute atomic E-state index is 0.384. The Balaban J connectivity index is -0.000000306. The van der Waals surface area contributed by atoms with Crippen molar-refractivity contribution in [3.05, 3.63) is 12.2 Å². The van der Waals surface area contributed by atoms with Crippen molar-refractivity contribution in [3.8, 4) is 0 Å². The van der Waals surface area contributed by atoms with Crippen molar-refractivity contribution in [2.45, 2.75) is 93.8 Å². The molecule has 0 unspecified atom stereocenters. The van der Waals surface area contributed by atoms with E-state index in [1.54, 1.807) is 26.6 Å². The van der Waals surface area contributed by atoms with Gasteiger partial charge in [-0.15, -0.1) is 0 Å². The van der Waals surface area contributed by atoms with E-state index in [9.17, 15) is 19.8 Å². The Morgan fingerprint density at radius 1 is 0.654 bits per heavy atom. The topological polar surface area (TPSA) is 80.3 Å². The molecule has 0 spiro atoms. The molecule has 0 rings (SSSR count). The van der Waals surface area contributed by atoms with Gasteiger partial charge in [-0.1, -0.05) is 0 Å². The van der Waals surface area contributed by atoms with Crippen molar-refractivity contribution in [1.82, 2.24) is 0 Å². The van der Waals surface area contributed by atoms with Gasteiger partial charge in [0, 0.05) is 0 Å². The van der Waals surface area contributed by atoms with Crippen LogP contribution in [0.5, 0.6) is 0 Å². The normalized spacial score (nSPS) is 9.62. The van der Waals surface area contributed by atoms with Crippen LogP contribution < -0.4 is 10.2 Å². The van der Waals surface area contributed by atoms with Crippen molar-refractivity contribution in [2.24, 2.45) is 0 Å². The van der Waals surface area contributed by atoms with Gasteiger partial charge in [-0.25, -0.2) is 0 Å². The van der Waals surface area contributed by atoms with Gasteiger partial charge in [0.15, 0.2) is 0 Å². The van der Waals surface area contributed by atoms with E-state index >= 15 is 0 Å². The molecular weight excluding hydrogens is 542 g/mol. The zero-order valence-corrected chi connectivity index (χ0v) is 23.6. The quantitative estimate of drug-likeness (QED) is 0.260. The maximum absolute atomic E-state index is 9.41. The Hall–Kier alpha value is 0.277. The Bertz CT molecular complexity index is 307. The van der Waals surface area contributed by atoms with Crippen LogP contribution in [-0.4, -0.2) is 51.5 Å². The predicted octanol–water partition coefficient (Wildman–Crippen LogP) is 3.68. The van der Waals surface area contributed by atoms with E-state index in [1.807, 2.05) is 0 Å². The number of hydrogen-bond acceptors (Lipinski definition) is 4. The molecule has 0 saturated heterocycles. The summed E-state index contributed by atoms with van der Waals surface area (Å²) >= 11 is -1.43. The number of carbonyl (C=O) groups excluding carboxylic acids is 2. The molecule has 6 heteroatoms. The SMILES string of the molecule is CCC[CH2][Sn+]([CH2]C)[CH2]C.CCC[CH2][Sn+]([CH2]C)[CH2]C.O=C([O-])/C=C\C(=O)[O-]. The van der Waals surface area contributed by atoms with Gasteiger partial charge in [-0.2, -0.15) is 0 Å². The van der Waals surface area contributed by atoms with Gasteiger partial charge in [0.05, 0.1) is 11.9 Å². The molecule has 0 fully saturated rings. The molecule has 0 N–H and O–H groups in total. The molecule has 0 aliphatic heterocycles. The number of carboxylic acids is 2. The van der Waals surface area contributed by atoms with Crippen LogP contribution in [-0.2, 0) is 9.59 Å². The Labute approximate surface area is 176 Å². The van der Waals surface area contributed by atoms with Crippen LogP contribution in [0.2, 0.25) is 26.6 Å². The summed E-state index contributed by atoms with van der Waals surface area (Å²) in [6.07, 6.45) is 6.60. The van der Waals surface area contributed by atoms with Crippen LogP contribution in [0.3, 0.4) is 0 Å². The summed E-state index contributed by atoms with van der Waals surface area (Å²) in [5.74, 6) is -3.09. The fourth-order valence-electron chi connectivity index (χ4n) is 2.20. The number of hydrogen-bond donors (Lipinski definition) is 0. The van der Waals surface area contributed by atoms with Crippen molar-refractivity contribution in [1.29, 1.82) is 0 Å². The van der Waals surface area contributed by atoms with E-state index in [-0.39, 0.29) is 0 Å². The zero-order chi connectivity index (χ0) is 20.8. The second-order valence-corrected chi connectivity index (χ2v) is 25.6. The van der Waals surface area contributed by atoms with Gasteiger partial charge in [0.1, 0.15) is 0 Å². The van der Waals surface area contributed by atoms with Gasteiger partial charge in [-0.3, -0.25) is 0 Å². The fraction of sp³-hybridized carbons (Fsp3) is 0.800. The minimum Gasteiger partial charge on any atom is -0.545 e. The average molecular weight is 582 g/mol. The van der Waals surface area contributed by atoms with Crippen LogP contribution >= 0.6 is 0 Å². The molecule has 0 aromatic rings. The van der Waals surface area contributed by atoms with Crippen molar-refractivity contribution in [2.75, 3.05) is 0 Å². The Morgan fingerprint density at radius 2 is 0.923 bits per heavy atom. The zero-order valence-electron chi connectivity index (χ0n) is 17.9. The van der Waals surface area contributed by atoms with E-state index in [0.717, 1.165) is 0 Å². The molecule has 0 amide bonds. The second kappa shape index (κ2) is 25.3. The van der Waals surface area contributed by atoms with E-state index in [0.29, 0.717) is 12.2 Å². The fourth-order valence-corrected chi connectivity index (χ4v) is 14.0. The summed E-state index contributed by atoms with van der Waals surface area (Å²) < 4.78 is 9.56. The van der Waals surface area contributed by atoms with Gasteiger partial charge < -0.3 is 19.8 Å². The van der Waals surface area contributed by atoms with Gasteiger partial charge >= 0.3 is 133 Å². The summed E-state index contributed by atoms with van der Waals surface area (Å²) in [5.41, 5.74) is 0. The Morgan fingerprint density at radius 3 is 1.08 bits per heavy atom. The molecule has 0 heterocycles.